The van der Waals surface area contributed by atoms with Crippen LogP contribution in [0.3, 0.4) is 0 Å². The number of nitrogens with zero attached hydrogens (tertiary/aromatic N) is 2. The van der Waals surface area contributed by atoms with Crippen molar-refractivity contribution in [2.45, 2.75) is 52.6 Å². The Bertz CT molecular complexity index is 363. The fourth-order valence-corrected chi connectivity index (χ4v) is 1.74. The van der Waals surface area contributed by atoms with E-state index in [4.69, 9.17) is 4.74 Å². The summed E-state index contributed by atoms with van der Waals surface area (Å²) in [4.78, 5) is 11.6. The lowest BCUT2D eigenvalue weighted by Gasteiger charge is -2.12. The van der Waals surface area contributed by atoms with Gasteiger partial charge in [0.2, 0.25) is 0 Å². The Morgan fingerprint density at radius 1 is 1.50 bits per heavy atom. The molecule has 0 fully saturated rings. The summed E-state index contributed by atoms with van der Waals surface area (Å²) in [6, 6.07) is 0.203. The summed E-state index contributed by atoms with van der Waals surface area (Å²) >= 11 is 0. The second-order valence-electron chi connectivity index (χ2n) is 4.49. The van der Waals surface area contributed by atoms with Gasteiger partial charge in [-0.2, -0.15) is 5.10 Å². The first-order valence-corrected chi connectivity index (χ1v) is 6.60. The second kappa shape index (κ2) is 7.74. The summed E-state index contributed by atoms with van der Waals surface area (Å²) in [6.07, 6.45) is 6.52. The third-order valence-corrected chi connectivity index (χ3v) is 2.56. The average molecular weight is 253 g/mol. The van der Waals surface area contributed by atoms with Crippen LogP contribution >= 0.6 is 0 Å². The van der Waals surface area contributed by atoms with Crippen LogP contribution in [0.1, 0.15) is 40.0 Å². The summed E-state index contributed by atoms with van der Waals surface area (Å²) < 4.78 is 7.19. The number of carbonyl (C=O) groups is 1. The highest BCUT2D eigenvalue weighted by molar-refractivity contribution is 5.77. The maximum Gasteiger partial charge on any atom is 0.258 e. The van der Waals surface area contributed by atoms with Crippen molar-refractivity contribution in [3.8, 4) is 5.75 Å². The molecule has 1 aromatic heterocycles. The molecule has 0 aliphatic carbocycles. The normalized spacial score (nSPS) is 12.2. The Kier molecular flexibility index (Phi) is 6.25. The summed E-state index contributed by atoms with van der Waals surface area (Å²) in [7, 11) is 0. The minimum Gasteiger partial charge on any atom is -0.480 e. The molecule has 1 rings (SSSR count). The molecule has 0 bridgehead atoms. The van der Waals surface area contributed by atoms with Crippen molar-refractivity contribution in [1.29, 1.82) is 0 Å². The van der Waals surface area contributed by atoms with E-state index in [1.165, 1.54) is 0 Å². The fraction of sp³-hybridized carbons (Fsp3) is 0.692. The number of carbonyl (C=O) groups excluding carboxylic acids is 1. The molecule has 0 saturated carbocycles. The van der Waals surface area contributed by atoms with Crippen molar-refractivity contribution < 1.29 is 9.53 Å². The molecule has 5 nitrogen and oxygen atoms in total. The van der Waals surface area contributed by atoms with Crippen LogP contribution < -0.4 is 10.1 Å². The van der Waals surface area contributed by atoms with Gasteiger partial charge < -0.3 is 10.1 Å². The van der Waals surface area contributed by atoms with Crippen LogP contribution in [0.15, 0.2) is 12.4 Å². The molecule has 0 aliphatic rings. The molecule has 1 aromatic rings. The summed E-state index contributed by atoms with van der Waals surface area (Å²) in [6.45, 7) is 7.10. The minimum absolute atomic E-state index is 0.0475. The second-order valence-corrected chi connectivity index (χ2v) is 4.49. The Morgan fingerprint density at radius 2 is 2.28 bits per heavy atom. The quantitative estimate of drug-likeness (QED) is 0.770. The van der Waals surface area contributed by atoms with Crippen LogP contribution in [-0.2, 0) is 11.3 Å². The predicted molar refractivity (Wildman–Crippen MR) is 70.5 cm³/mol. The smallest absolute Gasteiger partial charge is 0.258 e. The molecule has 0 spiro atoms. The van der Waals surface area contributed by atoms with E-state index in [2.05, 4.69) is 24.3 Å². The van der Waals surface area contributed by atoms with Crippen LogP contribution in [0, 0.1) is 0 Å². The van der Waals surface area contributed by atoms with Gasteiger partial charge in [0.15, 0.2) is 12.4 Å². The number of hydrogen-bond donors (Lipinski definition) is 1. The monoisotopic (exact) mass is 253 g/mol. The Labute approximate surface area is 109 Å². The molecule has 1 unspecified atom stereocenters. The fourth-order valence-electron chi connectivity index (χ4n) is 1.74. The van der Waals surface area contributed by atoms with Gasteiger partial charge in [-0.3, -0.25) is 9.48 Å². The van der Waals surface area contributed by atoms with Gasteiger partial charge in [-0.1, -0.05) is 20.3 Å². The molecule has 5 heteroatoms. The SMILES string of the molecule is CCCC(C)NC(=O)COc1cnn(CCC)c1. The van der Waals surface area contributed by atoms with Gasteiger partial charge in [0.05, 0.1) is 12.4 Å². The topological polar surface area (TPSA) is 56.1 Å². The molecule has 1 heterocycles. The summed E-state index contributed by atoms with van der Waals surface area (Å²) in [5, 5.41) is 7.03. The van der Waals surface area contributed by atoms with Crippen LogP contribution in [0.5, 0.6) is 5.75 Å². The van der Waals surface area contributed by atoms with Gasteiger partial charge in [0, 0.05) is 12.6 Å². The van der Waals surface area contributed by atoms with E-state index >= 15 is 0 Å². The molecule has 0 aromatic carbocycles. The first-order chi connectivity index (χ1) is 8.65. The van der Waals surface area contributed by atoms with E-state index in [9.17, 15) is 4.79 Å². The number of hydrogen-bond acceptors (Lipinski definition) is 3. The van der Waals surface area contributed by atoms with Crippen LogP contribution in [0.25, 0.3) is 0 Å². The zero-order valence-corrected chi connectivity index (χ0v) is 11.5. The lowest BCUT2D eigenvalue weighted by atomic mass is 10.2. The molecule has 1 N–H and O–H groups in total. The largest absolute Gasteiger partial charge is 0.480 e. The Balaban J connectivity index is 2.28. The number of aromatic nitrogens is 2. The zero-order valence-electron chi connectivity index (χ0n) is 11.5. The van der Waals surface area contributed by atoms with Crippen molar-refractivity contribution in [1.82, 2.24) is 15.1 Å². The van der Waals surface area contributed by atoms with Gasteiger partial charge in [-0.15, -0.1) is 0 Å². The zero-order chi connectivity index (χ0) is 13.4. The molecule has 18 heavy (non-hydrogen) atoms. The standard InChI is InChI=1S/C13H23N3O2/c1-4-6-11(3)15-13(17)10-18-12-8-14-16(9-12)7-5-2/h8-9,11H,4-7,10H2,1-3H3,(H,15,17). The van der Waals surface area contributed by atoms with E-state index in [0.717, 1.165) is 25.8 Å². The summed E-state index contributed by atoms with van der Waals surface area (Å²) in [5.41, 5.74) is 0. The molecular formula is C13H23N3O2. The molecule has 1 atom stereocenters. The highest BCUT2D eigenvalue weighted by atomic mass is 16.5. The van der Waals surface area contributed by atoms with Gasteiger partial charge in [0.1, 0.15) is 0 Å². The van der Waals surface area contributed by atoms with E-state index in [1.54, 1.807) is 6.20 Å². The first-order valence-electron chi connectivity index (χ1n) is 6.60. The molecule has 0 radical (unpaired) electrons. The molecule has 0 saturated heterocycles. The van der Waals surface area contributed by atoms with E-state index in [-0.39, 0.29) is 18.6 Å². The van der Waals surface area contributed by atoms with Crippen molar-refractivity contribution in [3.05, 3.63) is 12.4 Å². The minimum atomic E-state index is -0.0841. The van der Waals surface area contributed by atoms with Gasteiger partial charge in [0.25, 0.3) is 5.91 Å². The van der Waals surface area contributed by atoms with Crippen molar-refractivity contribution >= 4 is 5.91 Å². The molecular weight excluding hydrogens is 230 g/mol. The highest BCUT2D eigenvalue weighted by Gasteiger charge is 2.07. The van der Waals surface area contributed by atoms with Gasteiger partial charge >= 0.3 is 0 Å². The van der Waals surface area contributed by atoms with E-state index in [0.29, 0.717) is 5.75 Å². The maximum absolute atomic E-state index is 11.6. The van der Waals surface area contributed by atoms with Gasteiger partial charge in [-0.25, -0.2) is 0 Å². The third kappa shape index (κ3) is 5.21. The predicted octanol–water partition coefficient (Wildman–Crippen LogP) is 1.98. The summed E-state index contributed by atoms with van der Waals surface area (Å²) in [5.74, 6) is 0.556. The Morgan fingerprint density at radius 3 is 2.94 bits per heavy atom. The number of nitrogens with one attached hydrogen (secondary N) is 1. The Hall–Kier alpha value is -1.52. The molecule has 0 aliphatic heterocycles. The maximum atomic E-state index is 11.6. The first kappa shape index (κ1) is 14.5. The van der Waals surface area contributed by atoms with Crippen LogP contribution in [-0.4, -0.2) is 28.3 Å². The van der Waals surface area contributed by atoms with E-state index < -0.39 is 0 Å². The molecule has 102 valence electrons. The lowest BCUT2D eigenvalue weighted by Crippen LogP contribution is -2.35. The van der Waals surface area contributed by atoms with Crippen molar-refractivity contribution in [3.63, 3.8) is 0 Å². The number of rotatable bonds is 8. The van der Waals surface area contributed by atoms with Crippen molar-refractivity contribution in [2.24, 2.45) is 0 Å². The average Bonchev–Trinajstić information content (AvgIpc) is 2.75. The molecule has 1 amide bonds. The van der Waals surface area contributed by atoms with Crippen molar-refractivity contribution in [2.75, 3.05) is 6.61 Å². The highest BCUT2D eigenvalue weighted by Crippen LogP contribution is 2.08. The third-order valence-electron chi connectivity index (χ3n) is 2.56. The number of amides is 1. The van der Waals surface area contributed by atoms with Gasteiger partial charge in [-0.05, 0) is 19.8 Å². The van der Waals surface area contributed by atoms with Crippen LogP contribution in [0.2, 0.25) is 0 Å². The number of ether oxygens (including phenoxy) is 1. The van der Waals surface area contributed by atoms with E-state index in [1.807, 2.05) is 17.8 Å². The number of aryl methyl sites for hydroxylation is 1. The van der Waals surface area contributed by atoms with Crippen LogP contribution in [0.4, 0.5) is 0 Å². The lowest BCUT2D eigenvalue weighted by molar-refractivity contribution is -0.123.